The van der Waals surface area contributed by atoms with E-state index in [9.17, 15) is 0 Å². The molecule has 1 unspecified atom stereocenters. The van der Waals surface area contributed by atoms with Crippen molar-refractivity contribution < 1.29 is 0 Å². The summed E-state index contributed by atoms with van der Waals surface area (Å²) in [6, 6.07) is 0.751. The van der Waals surface area contributed by atoms with Gasteiger partial charge >= 0.3 is 0 Å². The second-order valence-electron chi connectivity index (χ2n) is 6.62. The first kappa shape index (κ1) is 16.0. The quantitative estimate of drug-likeness (QED) is 0.782. The Bertz CT molecular complexity index is 205. The Balaban J connectivity index is 2.33. The highest BCUT2D eigenvalue weighted by atomic mass is 15.1. The highest BCUT2D eigenvalue weighted by Crippen LogP contribution is 2.20. The summed E-state index contributed by atoms with van der Waals surface area (Å²) in [4.78, 5) is 2.59. The molecule has 0 aromatic carbocycles. The number of nitrogens with one attached hydrogen (secondary N) is 1. The average Bonchev–Trinajstić information content (AvgIpc) is 2.53. The van der Waals surface area contributed by atoms with Crippen LogP contribution in [0.25, 0.3) is 0 Å². The average molecular weight is 254 g/mol. The van der Waals surface area contributed by atoms with Gasteiger partial charge in [0.15, 0.2) is 0 Å². The zero-order chi connectivity index (χ0) is 13.5. The molecule has 1 fully saturated rings. The SMILES string of the molecule is CCN1CCCC(NCC(C(C)C)C(C)C)CC1. The Kier molecular flexibility index (Phi) is 7.25. The Morgan fingerprint density at radius 2 is 1.72 bits per heavy atom. The van der Waals surface area contributed by atoms with Gasteiger partial charge < -0.3 is 10.2 Å². The Labute approximate surface area is 115 Å². The number of likely N-dealkylation sites (tertiary alicyclic amines) is 1. The Morgan fingerprint density at radius 1 is 1.06 bits per heavy atom. The molecular formula is C16H34N2. The topological polar surface area (TPSA) is 15.3 Å². The second-order valence-corrected chi connectivity index (χ2v) is 6.62. The summed E-state index contributed by atoms with van der Waals surface area (Å²) in [6.45, 7) is 16.7. The molecule has 0 radical (unpaired) electrons. The molecule has 1 atom stereocenters. The summed E-state index contributed by atoms with van der Waals surface area (Å²) < 4.78 is 0. The lowest BCUT2D eigenvalue weighted by Gasteiger charge is -2.28. The van der Waals surface area contributed by atoms with Gasteiger partial charge in [-0.2, -0.15) is 0 Å². The molecule has 1 saturated heterocycles. The van der Waals surface area contributed by atoms with E-state index >= 15 is 0 Å². The van der Waals surface area contributed by atoms with Gasteiger partial charge in [-0.05, 0) is 63.2 Å². The zero-order valence-corrected chi connectivity index (χ0v) is 13.2. The Morgan fingerprint density at radius 3 is 2.28 bits per heavy atom. The van der Waals surface area contributed by atoms with E-state index in [0.29, 0.717) is 0 Å². The van der Waals surface area contributed by atoms with Crippen LogP contribution in [0, 0.1) is 17.8 Å². The lowest BCUT2D eigenvalue weighted by molar-refractivity contribution is 0.257. The van der Waals surface area contributed by atoms with Gasteiger partial charge in [0.1, 0.15) is 0 Å². The van der Waals surface area contributed by atoms with Gasteiger partial charge in [0.05, 0.1) is 0 Å². The van der Waals surface area contributed by atoms with Crippen LogP contribution in [-0.4, -0.2) is 37.1 Å². The molecule has 0 amide bonds. The highest BCUT2D eigenvalue weighted by molar-refractivity contribution is 4.77. The number of hydrogen-bond donors (Lipinski definition) is 1. The fourth-order valence-electron chi connectivity index (χ4n) is 3.22. The van der Waals surface area contributed by atoms with Gasteiger partial charge in [0.2, 0.25) is 0 Å². The first-order valence-electron chi connectivity index (χ1n) is 8.00. The van der Waals surface area contributed by atoms with Crippen LogP contribution in [0.2, 0.25) is 0 Å². The molecule has 0 aromatic heterocycles. The zero-order valence-electron chi connectivity index (χ0n) is 13.2. The smallest absolute Gasteiger partial charge is 0.00798 e. The third-order valence-corrected chi connectivity index (χ3v) is 4.62. The van der Waals surface area contributed by atoms with E-state index in [4.69, 9.17) is 0 Å². The molecule has 0 spiro atoms. The predicted molar refractivity (Wildman–Crippen MR) is 80.9 cm³/mol. The van der Waals surface area contributed by atoms with Crippen LogP contribution in [0.3, 0.4) is 0 Å². The maximum atomic E-state index is 3.84. The lowest BCUT2D eigenvalue weighted by atomic mass is 9.85. The minimum Gasteiger partial charge on any atom is -0.314 e. The fraction of sp³-hybridized carbons (Fsp3) is 1.00. The van der Waals surface area contributed by atoms with Crippen molar-refractivity contribution in [2.45, 2.75) is 59.9 Å². The van der Waals surface area contributed by atoms with Crippen LogP contribution in [-0.2, 0) is 0 Å². The van der Waals surface area contributed by atoms with E-state index in [-0.39, 0.29) is 0 Å². The molecule has 2 heteroatoms. The summed E-state index contributed by atoms with van der Waals surface area (Å²) in [6.07, 6.45) is 4.05. The second kappa shape index (κ2) is 8.16. The molecule has 18 heavy (non-hydrogen) atoms. The summed E-state index contributed by atoms with van der Waals surface area (Å²) >= 11 is 0. The molecule has 1 N–H and O–H groups in total. The van der Waals surface area contributed by atoms with Crippen LogP contribution in [0.4, 0.5) is 0 Å². The molecule has 1 aliphatic rings. The molecule has 1 heterocycles. The van der Waals surface area contributed by atoms with Crippen molar-refractivity contribution >= 4 is 0 Å². The molecule has 108 valence electrons. The first-order valence-corrected chi connectivity index (χ1v) is 8.00. The van der Waals surface area contributed by atoms with Crippen LogP contribution in [0.15, 0.2) is 0 Å². The van der Waals surface area contributed by atoms with Gasteiger partial charge in [-0.15, -0.1) is 0 Å². The van der Waals surface area contributed by atoms with E-state index < -0.39 is 0 Å². The molecule has 0 aliphatic carbocycles. The fourth-order valence-corrected chi connectivity index (χ4v) is 3.22. The van der Waals surface area contributed by atoms with Crippen molar-refractivity contribution in [2.75, 3.05) is 26.2 Å². The first-order chi connectivity index (χ1) is 8.54. The molecule has 2 nitrogen and oxygen atoms in total. The molecule has 1 aliphatic heterocycles. The molecule has 0 saturated carbocycles. The lowest BCUT2D eigenvalue weighted by Crippen LogP contribution is -2.37. The Hall–Kier alpha value is -0.0800. The van der Waals surface area contributed by atoms with E-state index in [1.165, 1.54) is 45.4 Å². The van der Waals surface area contributed by atoms with Crippen molar-refractivity contribution in [1.29, 1.82) is 0 Å². The number of rotatable bonds is 6. The van der Waals surface area contributed by atoms with E-state index in [1.54, 1.807) is 0 Å². The van der Waals surface area contributed by atoms with Crippen LogP contribution in [0.1, 0.15) is 53.9 Å². The van der Waals surface area contributed by atoms with Crippen LogP contribution < -0.4 is 5.32 Å². The normalized spacial score (nSPS) is 23.0. The molecular weight excluding hydrogens is 220 g/mol. The maximum Gasteiger partial charge on any atom is 0.00798 e. The molecule has 1 rings (SSSR count). The third-order valence-electron chi connectivity index (χ3n) is 4.62. The van der Waals surface area contributed by atoms with Gasteiger partial charge in [-0.25, -0.2) is 0 Å². The van der Waals surface area contributed by atoms with E-state index in [2.05, 4.69) is 44.8 Å². The van der Waals surface area contributed by atoms with Crippen molar-refractivity contribution in [3.05, 3.63) is 0 Å². The summed E-state index contributed by atoms with van der Waals surface area (Å²) in [7, 11) is 0. The van der Waals surface area contributed by atoms with Crippen LogP contribution >= 0.6 is 0 Å². The summed E-state index contributed by atoms with van der Waals surface area (Å²) in [5.74, 6) is 2.39. The highest BCUT2D eigenvalue weighted by Gasteiger charge is 2.20. The molecule has 0 aromatic rings. The van der Waals surface area contributed by atoms with Gasteiger partial charge in [-0.3, -0.25) is 0 Å². The largest absolute Gasteiger partial charge is 0.314 e. The van der Waals surface area contributed by atoms with Crippen molar-refractivity contribution in [3.63, 3.8) is 0 Å². The van der Waals surface area contributed by atoms with E-state index in [0.717, 1.165) is 23.8 Å². The minimum atomic E-state index is 0.751. The predicted octanol–water partition coefficient (Wildman–Crippen LogP) is 3.38. The van der Waals surface area contributed by atoms with Gasteiger partial charge in [0, 0.05) is 6.04 Å². The number of nitrogens with zero attached hydrogens (tertiary/aromatic N) is 1. The van der Waals surface area contributed by atoms with Crippen molar-refractivity contribution in [1.82, 2.24) is 10.2 Å². The van der Waals surface area contributed by atoms with Gasteiger partial charge in [0.25, 0.3) is 0 Å². The number of hydrogen-bond acceptors (Lipinski definition) is 2. The maximum absolute atomic E-state index is 3.84. The minimum absolute atomic E-state index is 0.751. The van der Waals surface area contributed by atoms with Crippen molar-refractivity contribution in [2.24, 2.45) is 17.8 Å². The standard InChI is InChI=1S/C16H34N2/c1-6-18-10-7-8-15(9-11-18)17-12-16(13(2)3)14(4)5/h13-17H,6-12H2,1-5H3. The summed E-state index contributed by atoms with van der Waals surface area (Å²) in [5, 5.41) is 3.84. The van der Waals surface area contributed by atoms with Crippen molar-refractivity contribution in [3.8, 4) is 0 Å². The molecule has 0 bridgehead atoms. The monoisotopic (exact) mass is 254 g/mol. The van der Waals surface area contributed by atoms with Gasteiger partial charge in [-0.1, -0.05) is 34.6 Å². The summed E-state index contributed by atoms with van der Waals surface area (Å²) in [5.41, 5.74) is 0. The van der Waals surface area contributed by atoms with E-state index in [1.807, 2.05) is 0 Å². The van der Waals surface area contributed by atoms with Crippen LogP contribution in [0.5, 0.6) is 0 Å². The third kappa shape index (κ3) is 5.27.